The molecule has 0 saturated heterocycles. The van der Waals surface area contributed by atoms with Crippen LogP contribution in [0.2, 0.25) is 0 Å². The summed E-state index contributed by atoms with van der Waals surface area (Å²) in [6, 6.07) is 6.25. The Hall–Kier alpha value is -1.55. The molecule has 1 N–H and O–H groups in total. The average molecular weight is 346 g/mol. The standard InChI is InChI=1S/C21H30O4/c1-14-5-10-17(15-6-8-16(22)9-7-15)18(13-14)24-21(11-12-21)19(23)25-20(2,3)4/h5,10,13,15-16,22H,6-9,11-12H2,1-4H3. The fraction of sp³-hybridized carbons (Fsp3) is 0.667. The van der Waals surface area contributed by atoms with Gasteiger partial charge in [0.25, 0.3) is 0 Å². The van der Waals surface area contributed by atoms with E-state index in [0.29, 0.717) is 18.8 Å². The highest BCUT2D eigenvalue weighted by Gasteiger charge is 2.55. The Kier molecular flexibility index (Phi) is 4.84. The normalized spacial score (nSPS) is 25.3. The molecule has 2 fully saturated rings. The molecule has 0 amide bonds. The Morgan fingerprint density at radius 2 is 1.80 bits per heavy atom. The van der Waals surface area contributed by atoms with Gasteiger partial charge < -0.3 is 14.6 Å². The molecule has 3 rings (SSSR count). The van der Waals surface area contributed by atoms with Crippen molar-refractivity contribution in [2.45, 2.75) is 89.4 Å². The van der Waals surface area contributed by atoms with E-state index in [0.717, 1.165) is 42.6 Å². The van der Waals surface area contributed by atoms with E-state index in [9.17, 15) is 9.90 Å². The number of aliphatic hydroxyl groups excluding tert-OH is 1. The molecule has 0 radical (unpaired) electrons. The SMILES string of the molecule is Cc1ccc(C2CCC(O)CC2)c(OC2(C(=O)OC(C)(C)C)CC2)c1. The number of aryl methyl sites for hydroxylation is 1. The van der Waals surface area contributed by atoms with Crippen LogP contribution in [0.1, 0.15) is 76.3 Å². The third-order valence-corrected chi connectivity index (χ3v) is 5.09. The lowest BCUT2D eigenvalue weighted by molar-refractivity contribution is -0.165. The molecule has 0 unspecified atom stereocenters. The van der Waals surface area contributed by atoms with E-state index in [1.165, 1.54) is 0 Å². The number of ether oxygens (including phenoxy) is 2. The molecule has 4 nitrogen and oxygen atoms in total. The monoisotopic (exact) mass is 346 g/mol. The van der Waals surface area contributed by atoms with E-state index in [4.69, 9.17) is 9.47 Å². The van der Waals surface area contributed by atoms with Crippen LogP contribution in [0, 0.1) is 6.92 Å². The molecular formula is C21H30O4. The number of hydrogen-bond donors (Lipinski definition) is 1. The largest absolute Gasteiger partial charge is 0.475 e. The Balaban J connectivity index is 1.80. The first-order valence-corrected chi connectivity index (χ1v) is 9.40. The van der Waals surface area contributed by atoms with Gasteiger partial charge >= 0.3 is 5.97 Å². The van der Waals surface area contributed by atoms with Gasteiger partial charge in [-0.25, -0.2) is 4.79 Å². The maximum atomic E-state index is 12.6. The lowest BCUT2D eigenvalue weighted by atomic mass is 9.82. The molecular weight excluding hydrogens is 316 g/mol. The third-order valence-electron chi connectivity index (χ3n) is 5.09. The summed E-state index contributed by atoms with van der Waals surface area (Å²) in [6.07, 6.45) is 4.81. The van der Waals surface area contributed by atoms with E-state index < -0.39 is 11.2 Å². The minimum atomic E-state index is -0.815. The number of hydrogen-bond acceptors (Lipinski definition) is 4. The van der Waals surface area contributed by atoms with E-state index >= 15 is 0 Å². The zero-order valence-electron chi connectivity index (χ0n) is 15.8. The van der Waals surface area contributed by atoms with Crippen molar-refractivity contribution >= 4 is 5.97 Å². The van der Waals surface area contributed by atoms with E-state index in [-0.39, 0.29) is 12.1 Å². The van der Waals surface area contributed by atoms with Crippen molar-refractivity contribution in [2.24, 2.45) is 0 Å². The minimum Gasteiger partial charge on any atom is -0.475 e. The molecule has 1 aromatic rings. The summed E-state index contributed by atoms with van der Waals surface area (Å²) < 4.78 is 11.8. The van der Waals surface area contributed by atoms with Gasteiger partial charge in [0.2, 0.25) is 5.60 Å². The van der Waals surface area contributed by atoms with Gasteiger partial charge in [0.1, 0.15) is 11.4 Å². The topological polar surface area (TPSA) is 55.8 Å². The summed E-state index contributed by atoms with van der Waals surface area (Å²) >= 11 is 0. The average Bonchev–Trinajstić information content (AvgIpc) is 3.28. The van der Waals surface area contributed by atoms with Crippen LogP contribution >= 0.6 is 0 Å². The van der Waals surface area contributed by atoms with Crippen molar-refractivity contribution < 1.29 is 19.4 Å². The van der Waals surface area contributed by atoms with E-state index in [1.807, 2.05) is 33.8 Å². The van der Waals surface area contributed by atoms with Gasteiger partial charge in [-0.2, -0.15) is 0 Å². The summed E-state index contributed by atoms with van der Waals surface area (Å²) in [6.45, 7) is 7.68. The lowest BCUT2D eigenvalue weighted by Crippen LogP contribution is -2.37. The van der Waals surface area contributed by atoms with Gasteiger partial charge in [0.05, 0.1) is 6.10 Å². The molecule has 0 heterocycles. The highest BCUT2D eigenvalue weighted by Crippen LogP contribution is 2.46. The van der Waals surface area contributed by atoms with Gasteiger partial charge in [-0.3, -0.25) is 0 Å². The summed E-state index contributed by atoms with van der Waals surface area (Å²) in [5, 5.41) is 9.77. The first-order valence-electron chi connectivity index (χ1n) is 9.40. The number of rotatable bonds is 4. The highest BCUT2D eigenvalue weighted by atomic mass is 16.6. The van der Waals surface area contributed by atoms with Crippen LogP contribution in [0.3, 0.4) is 0 Å². The van der Waals surface area contributed by atoms with Crippen molar-refractivity contribution in [2.75, 3.05) is 0 Å². The highest BCUT2D eigenvalue weighted by molar-refractivity contribution is 5.83. The van der Waals surface area contributed by atoms with Crippen LogP contribution in [0.4, 0.5) is 0 Å². The Bertz CT molecular complexity index is 632. The van der Waals surface area contributed by atoms with Crippen molar-refractivity contribution in [3.8, 4) is 5.75 Å². The van der Waals surface area contributed by atoms with Gasteiger partial charge in [-0.15, -0.1) is 0 Å². The molecule has 0 spiro atoms. The van der Waals surface area contributed by atoms with Gasteiger partial charge in [0, 0.05) is 12.8 Å². The summed E-state index contributed by atoms with van der Waals surface area (Å²) in [5.41, 5.74) is 0.955. The smallest absolute Gasteiger partial charge is 0.351 e. The van der Waals surface area contributed by atoms with Crippen molar-refractivity contribution in [3.05, 3.63) is 29.3 Å². The molecule has 2 aliphatic rings. The Morgan fingerprint density at radius 1 is 1.16 bits per heavy atom. The molecule has 4 heteroatoms. The van der Waals surface area contributed by atoms with Gasteiger partial charge in [0.15, 0.2) is 0 Å². The van der Waals surface area contributed by atoms with Gasteiger partial charge in [-0.05, 0) is 76.5 Å². The summed E-state index contributed by atoms with van der Waals surface area (Å²) in [5.74, 6) is 0.935. The Labute approximate surface area is 150 Å². The Morgan fingerprint density at radius 3 is 2.36 bits per heavy atom. The number of aliphatic hydroxyl groups is 1. The quantitative estimate of drug-likeness (QED) is 0.827. The minimum absolute atomic E-state index is 0.178. The summed E-state index contributed by atoms with van der Waals surface area (Å²) in [7, 11) is 0. The molecule has 0 atom stereocenters. The second-order valence-electron chi connectivity index (χ2n) is 8.64. The molecule has 2 saturated carbocycles. The van der Waals surface area contributed by atoms with Crippen LogP contribution in [0.5, 0.6) is 5.75 Å². The molecule has 25 heavy (non-hydrogen) atoms. The number of carbonyl (C=O) groups excluding carboxylic acids is 1. The predicted octanol–water partition coefficient (Wildman–Crippen LogP) is 4.27. The second-order valence-corrected chi connectivity index (χ2v) is 8.64. The van der Waals surface area contributed by atoms with E-state index in [2.05, 4.69) is 12.1 Å². The maximum absolute atomic E-state index is 12.6. The zero-order valence-corrected chi connectivity index (χ0v) is 15.8. The molecule has 0 aromatic heterocycles. The predicted molar refractivity (Wildman–Crippen MR) is 96.8 cm³/mol. The van der Waals surface area contributed by atoms with Crippen molar-refractivity contribution in [1.82, 2.24) is 0 Å². The molecule has 0 aliphatic heterocycles. The third kappa shape index (κ3) is 4.35. The molecule has 1 aromatic carbocycles. The fourth-order valence-electron chi connectivity index (χ4n) is 3.50. The van der Waals surface area contributed by atoms with Gasteiger partial charge in [-0.1, -0.05) is 12.1 Å². The van der Waals surface area contributed by atoms with Crippen LogP contribution in [0.15, 0.2) is 18.2 Å². The van der Waals surface area contributed by atoms with Crippen LogP contribution in [0.25, 0.3) is 0 Å². The van der Waals surface area contributed by atoms with Crippen LogP contribution < -0.4 is 4.74 Å². The number of carbonyl (C=O) groups is 1. The van der Waals surface area contributed by atoms with Crippen LogP contribution in [-0.4, -0.2) is 28.4 Å². The summed E-state index contributed by atoms with van der Waals surface area (Å²) in [4.78, 5) is 12.6. The van der Waals surface area contributed by atoms with Crippen molar-refractivity contribution in [3.63, 3.8) is 0 Å². The first-order chi connectivity index (χ1) is 11.7. The van der Waals surface area contributed by atoms with E-state index in [1.54, 1.807) is 0 Å². The second kappa shape index (κ2) is 6.64. The number of benzene rings is 1. The first kappa shape index (κ1) is 18.2. The molecule has 0 bridgehead atoms. The van der Waals surface area contributed by atoms with Crippen LogP contribution in [-0.2, 0) is 9.53 Å². The lowest BCUT2D eigenvalue weighted by Gasteiger charge is -2.29. The zero-order chi connectivity index (χ0) is 18.2. The molecule has 2 aliphatic carbocycles. The number of esters is 1. The molecule has 138 valence electrons. The fourth-order valence-corrected chi connectivity index (χ4v) is 3.50. The van der Waals surface area contributed by atoms with Crippen molar-refractivity contribution in [1.29, 1.82) is 0 Å². The maximum Gasteiger partial charge on any atom is 0.351 e.